The Kier molecular flexibility index (Phi) is 4.78. The van der Waals surface area contributed by atoms with Crippen molar-refractivity contribution in [3.63, 3.8) is 0 Å². The van der Waals surface area contributed by atoms with E-state index in [1.165, 1.54) is 12.8 Å². The molecule has 0 aliphatic heterocycles. The summed E-state index contributed by atoms with van der Waals surface area (Å²) in [6.45, 7) is 5.94. The summed E-state index contributed by atoms with van der Waals surface area (Å²) >= 11 is 0. The zero-order chi connectivity index (χ0) is 7.28. The normalized spacial score (nSPS) is 17.3. The molecule has 0 aromatic rings. The van der Waals surface area contributed by atoms with E-state index < -0.39 is 0 Å². The average Bonchev–Trinajstić information content (AvgIpc) is 1.82. The van der Waals surface area contributed by atoms with Crippen molar-refractivity contribution in [3.05, 3.63) is 0 Å². The Morgan fingerprint density at radius 2 is 1.89 bits per heavy atom. The van der Waals surface area contributed by atoms with Crippen molar-refractivity contribution in [1.29, 1.82) is 0 Å². The van der Waals surface area contributed by atoms with E-state index in [0.717, 1.165) is 6.42 Å². The molecule has 2 atom stereocenters. The molecule has 0 bridgehead atoms. The van der Waals surface area contributed by atoms with Gasteiger partial charge in [-0.1, -0.05) is 26.7 Å². The highest BCUT2D eigenvalue weighted by Gasteiger charge is 2.08. The summed E-state index contributed by atoms with van der Waals surface area (Å²) in [6, 6.07) is 0. The van der Waals surface area contributed by atoms with Crippen LogP contribution in [0, 0.1) is 5.92 Å². The fourth-order valence-corrected chi connectivity index (χ4v) is 0.761. The molecule has 0 amide bonds. The first kappa shape index (κ1) is 8.96. The molecule has 0 heterocycles. The van der Waals surface area contributed by atoms with Gasteiger partial charge in [0, 0.05) is 0 Å². The highest BCUT2D eigenvalue weighted by Crippen LogP contribution is 2.11. The van der Waals surface area contributed by atoms with Gasteiger partial charge in [-0.15, -0.1) is 0 Å². The summed E-state index contributed by atoms with van der Waals surface area (Å²) in [5.41, 5.74) is 0. The van der Waals surface area contributed by atoms with E-state index >= 15 is 0 Å². The van der Waals surface area contributed by atoms with E-state index in [-0.39, 0.29) is 6.10 Å². The third-order valence-electron chi connectivity index (χ3n) is 1.81. The first-order chi connectivity index (χ1) is 4.18. The van der Waals surface area contributed by atoms with E-state index in [1.807, 2.05) is 6.92 Å². The Balaban J connectivity index is 3.16. The van der Waals surface area contributed by atoms with Crippen molar-refractivity contribution in [1.82, 2.24) is 0 Å². The largest absolute Gasteiger partial charge is 0.233 e. The molecule has 55 valence electrons. The summed E-state index contributed by atoms with van der Waals surface area (Å²) in [5, 5.41) is 10.7. The van der Waals surface area contributed by atoms with Gasteiger partial charge in [-0.05, 0) is 19.3 Å². The summed E-state index contributed by atoms with van der Waals surface area (Å²) < 4.78 is 0. The lowest BCUT2D eigenvalue weighted by molar-refractivity contribution is 0.0548. The van der Waals surface area contributed by atoms with Crippen molar-refractivity contribution in [3.8, 4) is 0 Å². The quantitative estimate of drug-likeness (QED) is 0.556. The Labute approximate surface area is 58.1 Å². The van der Waals surface area contributed by atoms with Crippen LogP contribution in [0.1, 0.15) is 40.0 Å². The molecule has 1 heteroatoms. The van der Waals surface area contributed by atoms with Gasteiger partial charge in [0.1, 0.15) is 0 Å². The third kappa shape index (κ3) is 4.46. The van der Waals surface area contributed by atoms with E-state index in [4.69, 9.17) is 0 Å². The summed E-state index contributed by atoms with van der Waals surface area (Å²) in [5.74, 6) is 0.366. The van der Waals surface area contributed by atoms with Crippen LogP contribution < -0.4 is 0 Å². The number of unbranched alkanes of at least 4 members (excludes halogenated alkanes) is 1. The van der Waals surface area contributed by atoms with Gasteiger partial charge in [0.05, 0.1) is 6.10 Å². The predicted octanol–water partition coefficient (Wildman–Crippen LogP) is 2.63. The summed E-state index contributed by atoms with van der Waals surface area (Å²) in [4.78, 5) is 0. The van der Waals surface area contributed by atoms with Crippen LogP contribution in [-0.4, -0.2) is 6.10 Å². The second-order valence-electron chi connectivity index (χ2n) is 2.82. The lowest BCUT2D eigenvalue weighted by atomic mass is 10.00. The molecule has 1 radical (unpaired) electrons. The molecule has 9 heavy (non-hydrogen) atoms. The maximum absolute atomic E-state index is 10.7. The molecule has 0 saturated heterocycles. The molecule has 0 aliphatic carbocycles. The third-order valence-corrected chi connectivity index (χ3v) is 1.81. The SMILES string of the molecule is CCCCC(C)C(C)[O]. The van der Waals surface area contributed by atoms with Gasteiger partial charge in [-0.2, -0.15) is 0 Å². The maximum Gasteiger partial charge on any atom is 0.0927 e. The molecular weight excluding hydrogens is 112 g/mol. The van der Waals surface area contributed by atoms with Crippen molar-refractivity contribution < 1.29 is 5.11 Å². The molecule has 0 rings (SSSR count). The van der Waals surface area contributed by atoms with Gasteiger partial charge in [-0.25, -0.2) is 5.11 Å². The van der Waals surface area contributed by atoms with Crippen molar-refractivity contribution in [2.45, 2.75) is 46.1 Å². The highest BCUT2D eigenvalue weighted by atomic mass is 16.3. The molecule has 0 aromatic carbocycles. The predicted molar refractivity (Wildman–Crippen MR) is 38.8 cm³/mol. The van der Waals surface area contributed by atoms with Crippen molar-refractivity contribution >= 4 is 0 Å². The lowest BCUT2D eigenvalue weighted by Gasteiger charge is -2.10. The fraction of sp³-hybridized carbons (Fsp3) is 1.00. The number of hydrogen-bond donors (Lipinski definition) is 0. The second-order valence-corrected chi connectivity index (χ2v) is 2.82. The zero-order valence-electron chi connectivity index (χ0n) is 6.68. The monoisotopic (exact) mass is 129 g/mol. The zero-order valence-corrected chi connectivity index (χ0v) is 6.68. The molecule has 0 saturated carbocycles. The van der Waals surface area contributed by atoms with E-state index in [0.29, 0.717) is 5.92 Å². The van der Waals surface area contributed by atoms with Crippen LogP contribution in [0.25, 0.3) is 0 Å². The van der Waals surface area contributed by atoms with Crippen LogP contribution in [0.15, 0.2) is 0 Å². The van der Waals surface area contributed by atoms with Crippen LogP contribution >= 0.6 is 0 Å². The average molecular weight is 129 g/mol. The molecule has 2 unspecified atom stereocenters. The van der Waals surface area contributed by atoms with Gasteiger partial charge in [0.15, 0.2) is 0 Å². The van der Waals surface area contributed by atoms with Gasteiger partial charge in [-0.3, -0.25) is 0 Å². The van der Waals surface area contributed by atoms with Gasteiger partial charge >= 0.3 is 0 Å². The minimum atomic E-state index is -0.378. The maximum atomic E-state index is 10.7. The smallest absolute Gasteiger partial charge is 0.0927 e. The van der Waals surface area contributed by atoms with E-state index in [2.05, 4.69) is 6.92 Å². The molecule has 0 fully saturated rings. The van der Waals surface area contributed by atoms with Crippen LogP contribution in [0.3, 0.4) is 0 Å². The van der Waals surface area contributed by atoms with Crippen LogP contribution in [0.2, 0.25) is 0 Å². The van der Waals surface area contributed by atoms with Crippen LogP contribution in [0.5, 0.6) is 0 Å². The van der Waals surface area contributed by atoms with Crippen molar-refractivity contribution in [2.75, 3.05) is 0 Å². The number of hydrogen-bond acceptors (Lipinski definition) is 0. The summed E-state index contributed by atoms with van der Waals surface area (Å²) in [7, 11) is 0. The van der Waals surface area contributed by atoms with E-state index in [9.17, 15) is 5.11 Å². The first-order valence-electron chi connectivity index (χ1n) is 3.84. The molecule has 0 aromatic heterocycles. The minimum Gasteiger partial charge on any atom is -0.233 e. The minimum absolute atomic E-state index is 0.366. The highest BCUT2D eigenvalue weighted by molar-refractivity contribution is 4.57. The van der Waals surface area contributed by atoms with Crippen LogP contribution in [-0.2, 0) is 5.11 Å². The molecule has 0 spiro atoms. The van der Waals surface area contributed by atoms with Crippen molar-refractivity contribution in [2.24, 2.45) is 5.92 Å². The topological polar surface area (TPSA) is 19.9 Å². The summed E-state index contributed by atoms with van der Waals surface area (Å²) in [6.07, 6.45) is 3.13. The fourth-order valence-electron chi connectivity index (χ4n) is 0.761. The standard InChI is InChI=1S/C8H17O/c1-4-5-6-7(2)8(3)9/h7-8H,4-6H2,1-3H3. The van der Waals surface area contributed by atoms with Crippen LogP contribution in [0.4, 0.5) is 0 Å². The number of rotatable bonds is 4. The molecule has 0 N–H and O–H groups in total. The Morgan fingerprint density at radius 3 is 2.22 bits per heavy atom. The molecule has 0 aliphatic rings. The Hall–Kier alpha value is -0.0400. The first-order valence-corrected chi connectivity index (χ1v) is 3.84. The second kappa shape index (κ2) is 4.80. The Bertz CT molecular complexity index is 59.6. The lowest BCUT2D eigenvalue weighted by Crippen LogP contribution is -2.10. The van der Waals surface area contributed by atoms with Gasteiger partial charge in [0.25, 0.3) is 0 Å². The molecule has 1 nitrogen and oxygen atoms in total. The van der Waals surface area contributed by atoms with Gasteiger partial charge < -0.3 is 0 Å². The van der Waals surface area contributed by atoms with Gasteiger partial charge in [0.2, 0.25) is 0 Å². The van der Waals surface area contributed by atoms with E-state index in [1.54, 1.807) is 6.92 Å². The molecular formula is C8H17O. The Morgan fingerprint density at radius 1 is 1.33 bits per heavy atom.